The summed E-state index contributed by atoms with van der Waals surface area (Å²) in [7, 11) is 0. The van der Waals surface area contributed by atoms with Crippen LogP contribution in [-0.4, -0.2) is 24.3 Å². The summed E-state index contributed by atoms with van der Waals surface area (Å²) in [6.45, 7) is 0. The van der Waals surface area contributed by atoms with Gasteiger partial charge in [-0.25, -0.2) is 0 Å². The van der Waals surface area contributed by atoms with Crippen LogP contribution >= 0.6 is 11.6 Å². The van der Waals surface area contributed by atoms with Gasteiger partial charge in [0.15, 0.2) is 0 Å². The predicted molar refractivity (Wildman–Crippen MR) is 57.4 cm³/mol. The lowest BCUT2D eigenvalue weighted by Gasteiger charge is -2.17. The van der Waals surface area contributed by atoms with Crippen molar-refractivity contribution in [1.29, 1.82) is 0 Å². The lowest BCUT2D eigenvalue weighted by Crippen LogP contribution is -2.33. The molecule has 0 aliphatic carbocycles. The third kappa shape index (κ3) is 4.06. The Kier molecular flexibility index (Phi) is 4.77. The molecule has 0 bridgehead atoms. The fourth-order valence-electron chi connectivity index (χ4n) is 1.03. The Morgan fingerprint density at radius 3 is 2.67 bits per heavy atom. The van der Waals surface area contributed by atoms with Crippen molar-refractivity contribution in [3.8, 4) is 5.75 Å². The van der Waals surface area contributed by atoms with Crippen molar-refractivity contribution in [2.24, 2.45) is 0 Å². The minimum Gasteiger partial charge on any atom is -0.428 e. The van der Waals surface area contributed by atoms with Crippen molar-refractivity contribution >= 4 is 23.2 Å². The minimum atomic E-state index is -4.59. The summed E-state index contributed by atoms with van der Waals surface area (Å²) in [6, 6.07) is 4.69. The largest absolute Gasteiger partial charge is 0.461 e. The molecule has 0 aliphatic rings. The van der Waals surface area contributed by atoms with Crippen molar-refractivity contribution in [1.82, 2.24) is 0 Å². The second kappa shape index (κ2) is 5.90. The molecule has 0 radical (unpaired) electrons. The Labute approximate surface area is 105 Å². The maximum Gasteiger partial charge on any atom is 0.461 e. The summed E-state index contributed by atoms with van der Waals surface area (Å²) in [5, 5.41) is 2.26. The number of rotatable bonds is 5. The first kappa shape index (κ1) is 14.6. The van der Waals surface area contributed by atoms with Gasteiger partial charge in [-0.3, -0.25) is 4.79 Å². The average molecular weight is 286 g/mol. The molecule has 0 fully saturated rings. The van der Waals surface area contributed by atoms with E-state index in [1.807, 2.05) is 0 Å². The van der Waals surface area contributed by atoms with E-state index in [4.69, 9.17) is 11.6 Å². The van der Waals surface area contributed by atoms with E-state index in [-0.39, 0.29) is 11.6 Å². The molecule has 1 rings (SSSR count). The number of benzene rings is 1. The van der Waals surface area contributed by atoms with E-state index in [9.17, 15) is 22.4 Å². The Hall–Kier alpha value is -1.50. The number of nitrogens with one attached hydrogen (secondary N) is 1. The van der Waals surface area contributed by atoms with Crippen molar-refractivity contribution in [2.75, 3.05) is 11.2 Å². The average Bonchev–Trinajstić information content (AvgIpc) is 2.28. The van der Waals surface area contributed by atoms with Crippen LogP contribution in [0, 0.1) is 0 Å². The van der Waals surface area contributed by atoms with Crippen LogP contribution in [0.2, 0.25) is 0 Å². The molecule has 0 unspecified atom stereocenters. The summed E-state index contributed by atoms with van der Waals surface area (Å²) >= 11 is 5.23. The quantitative estimate of drug-likeness (QED) is 0.667. The number of carbonyl (C=O) groups excluding carboxylic acids is 1. The van der Waals surface area contributed by atoms with E-state index < -0.39 is 24.2 Å². The van der Waals surface area contributed by atoms with Gasteiger partial charge < -0.3 is 10.1 Å². The molecule has 0 spiro atoms. The van der Waals surface area contributed by atoms with E-state index in [1.165, 1.54) is 12.1 Å². The maximum absolute atomic E-state index is 12.6. The van der Waals surface area contributed by atoms with Crippen LogP contribution in [0.3, 0.4) is 0 Å². The molecule has 0 aliphatic heterocycles. The maximum atomic E-state index is 12.6. The van der Waals surface area contributed by atoms with Gasteiger partial charge in [0.2, 0.25) is 5.91 Å². The van der Waals surface area contributed by atoms with Crippen LogP contribution in [0.1, 0.15) is 0 Å². The number of halogens is 5. The molecule has 0 atom stereocenters. The number of carbonyl (C=O) groups is 1. The van der Waals surface area contributed by atoms with Crippen molar-refractivity contribution in [3.63, 3.8) is 0 Å². The molecular weight excluding hydrogens is 278 g/mol. The van der Waals surface area contributed by atoms with E-state index >= 15 is 0 Å². The van der Waals surface area contributed by atoms with E-state index in [0.717, 1.165) is 12.1 Å². The third-order valence-corrected chi connectivity index (χ3v) is 1.99. The lowest BCUT2D eigenvalue weighted by molar-refractivity contribution is -0.253. The number of anilines is 1. The van der Waals surface area contributed by atoms with Crippen LogP contribution in [-0.2, 0) is 4.79 Å². The number of ether oxygens (including phenoxy) is 1. The molecule has 0 saturated carbocycles. The summed E-state index contributed by atoms with van der Waals surface area (Å²) in [5.41, 5.74) is 0.114. The van der Waals surface area contributed by atoms with Crippen LogP contribution < -0.4 is 10.1 Å². The lowest BCUT2D eigenvalue weighted by atomic mass is 10.3. The molecule has 100 valence electrons. The van der Waals surface area contributed by atoms with Gasteiger partial charge in [-0.1, -0.05) is 6.07 Å². The molecule has 1 amide bonds. The van der Waals surface area contributed by atoms with Gasteiger partial charge in [0, 0.05) is 11.8 Å². The highest BCUT2D eigenvalue weighted by Gasteiger charge is 2.43. The molecule has 0 saturated heterocycles. The smallest absolute Gasteiger partial charge is 0.428 e. The SMILES string of the molecule is O=C(CCl)Nc1cccc(OC(F)(F)C(F)F)c1. The molecule has 1 N–H and O–H groups in total. The Balaban J connectivity index is 2.79. The highest BCUT2D eigenvalue weighted by atomic mass is 35.5. The number of amides is 1. The molecular formula is C10H8ClF4NO2. The second-order valence-electron chi connectivity index (χ2n) is 3.17. The second-order valence-corrected chi connectivity index (χ2v) is 3.44. The summed E-state index contributed by atoms with van der Waals surface area (Å²) in [6.07, 6.45) is -8.53. The van der Waals surface area contributed by atoms with Crippen LogP contribution in [0.4, 0.5) is 23.2 Å². The van der Waals surface area contributed by atoms with E-state index in [0.29, 0.717) is 0 Å². The van der Waals surface area contributed by atoms with Gasteiger partial charge in [-0.05, 0) is 12.1 Å². The summed E-state index contributed by atoms with van der Waals surface area (Å²) in [4.78, 5) is 10.9. The summed E-state index contributed by atoms with van der Waals surface area (Å²) in [5.74, 6) is -1.37. The van der Waals surface area contributed by atoms with Crippen molar-refractivity contribution in [2.45, 2.75) is 12.5 Å². The first-order valence-corrected chi connectivity index (χ1v) is 5.19. The number of hydrogen-bond acceptors (Lipinski definition) is 2. The molecule has 0 heterocycles. The van der Waals surface area contributed by atoms with Crippen molar-refractivity contribution in [3.05, 3.63) is 24.3 Å². The Morgan fingerprint density at radius 2 is 2.11 bits per heavy atom. The van der Waals surface area contributed by atoms with Gasteiger partial charge in [0.1, 0.15) is 11.6 Å². The van der Waals surface area contributed by atoms with Crippen LogP contribution in [0.25, 0.3) is 0 Å². The van der Waals surface area contributed by atoms with E-state index in [1.54, 1.807) is 0 Å². The predicted octanol–water partition coefficient (Wildman–Crippen LogP) is 3.10. The van der Waals surface area contributed by atoms with Crippen molar-refractivity contribution < 1.29 is 27.1 Å². The fourth-order valence-corrected chi connectivity index (χ4v) is 1.10. The minimum absolute atomic E-state index is 0.114. The zero-order chi connectivity index (χ0) is 13.8. The zero-order valence-corrected chi connectivity index (χ0v) is 9.56. The highest BCUT2D eigenvalue weighted by molar-refractivity contribution is 6.29. The molecule has 1 aromatic rings. The standard InChI is InChI=1S/C10H8ClF4NO2/c11-5-8(17)16-6-2-1-3-7(4-6)18-10(14,15)9(12)13/h1-4,9H,5H2,(H,16,17). The van der Waals surface area contributed by atoms with Gasteiger partial charge in [-0.15, -0.1) is 11.6 Å². The molecule has 8 heteroatoms. The summed E-state index contributed by atoms with van der Waals surface area (Å²) < 4.78 is 52.9. The van der Waals surface area contributed by atoms with Gasteiger partial charge in [0.05, 0.1) is 0 Å². The topological polar surface area (TPSA) is 38.3 Å². The number of hydrogen-bond donors (Lipinski definition) is 1. The normalized spacial score (nSPS) is 11.4. The molecule has 18 heavy (non-hydrogen) atoms. The first-order valence-electron chi connectivity index (χ1n) is 4.66. The highest BCUT2D eigenvalue weighted by Crippen LogP contribution is 2.28. The Morgan fingerprint density at radius 1 is 1.44 bits per heavy atom. The fraction of sp³-hybridized carbons (Fsp3) is 0.300. The van der Waals surface area contributed by atoms with Crippen LogP contribution in [0.15, 0.2) is 24.3 Å². The van der Waals surface area contributed by atoms with Gasteiger partial charge in [0.25, 0.3) is 0 Å². The number of alkyl halides is 5. The van der Waals surface area contributed by atoms with Crippen LogP contribution in [0.5, 0.6) is 5.75 Å². The Bertz CT molecular complexity index is 428. The van der Waals surface area contributed by atoms with E-state index in [2.05, 4.69) is 10.1 Å². The zero-order valence-electron chi connectivity index (χ0n) is 8.80. The first-order chi connectivity index (χ1) is 8.35. The van der Waals surface area contributed by atoms with Gasteiger partial charge in [-0.2, -0.15) is 17.6 Å². The van der Waals surface area contributed by atoms with Gasteiger partial charge >= 0.3 is 12.5 Å². The molecule has 1 aromatic carbocycles. The monoisotopic (exact) mass is 285 g/mol. The molecule has 3 nitrogen and oxygen atoms in total. The molecule has 0 aromatic heterocycles. The third-order valence-electron chi connectivity index (χ3n) is 1.75.